The second-order valence-corrected chi connectivity index (χ2v) is 6.79. The number of benzene rings is 3. The van der Waals surface area contributed by atoms with Crippen molar-refractivity contribution in [2.24, 2.45) is 0 Å². The number of carbonyl (C=O) groups excluding carboxylic acids is 2. The zero-order chi connectivity index (χ0) is 19.8. The number of amides is 1. The molecule has 0 saturated carbocycles. The highest BCUT2D eigenvalue weighted by molar-refractivity contribution is 6.30. The summed E-state index contributed by atoms with van der Waals surface area (Å²) in [7, 11) is 0. The SMILES string of the molecule is O=C(NCc1ccccc1)/C(=C/c1ccccc1)CC(=O)c1ccc(Cl)cc1. The molecule has 0 aromatic heterocycles. The van der Waals surface area contributed by atoms with E-state index in [4.69, 9.17) is 11.6 Å². The van der Waals surface area contributed by atoms with Crippen molar-refractivity contribution in [2.45, 2.75) is 13.0 Å². The van der Waals surface area contributed by atoms with Crippen LogP contribution < -0.4 is 5.32 Å². The molecule has 3 aromatic carbocycles. The minimum absolute atomic E-state index is 0.0111. The molecule has 0 fully saturated rings. The number of nitrogens with one attached hydrogen (secondary N) is 1. The molecule has 28 heavy (non-hydrogen) atoms. The van der Waals surface area contributed by atoms with Gasteiger partial charge in [-0.05, 0) is 41.5 Å². The summed E-state index contributed by atoms with van der Waals surface area (Å²) in [5.41, 5.74) is 2.82. The summed E-state index contributed by atoms with van der Waals surface area (Å²) < 4.78 is 0. The van der Waals surface area contributed by atoms with Crippen LogP contribution in [-0.2, 0) is 11.3 Å². The van der Waals surface area contributed by atoms with Crippen LogP contribution in [0.15, 0.2) is 90.5 Å². The first-order valence-electron chi connectivity index (χ1n) is 8.98. The molecule has 0 heterocycles. The van der Waals surface area contributed by atoms with Crippen molar-refractivity contribution in [3.63, 3.8) is 0 Å². The van der Waals surface area contributed by atoms with Crippen LogP contribution in [0.5, 0.6) is 0 Å². The van der Waals surface area contributed by atoms with Crippen LogP contribution in [-0.4, -0.2) is 11.7 Å². The van der Waals surface area contributed by atoms with E-state index in [0.29, 0.717) is 22.7 Å². The standard InChI is InChI=1S/C24H20ClNO2/c25-22-13-11-20(12-14-22)23(27)16-21(15-18-7-3-1-4-8-18)24(28)26-17-19-9-5-2-6-10-19/h1-15H,16-17H2,(H,26,28)/b21-15+. The number of hydrogen-bond donors (Lipinski definition) is 1. The number of carbonyl (C=O) groups is 2. The van der Waals surface area contributed by atoms with E-state index in [1.807, 2.05) is 60.7 Å². The van der Waals surface area contributed by atoms with Crippen LogP contribution in [0.25, 0.3) is 6.08 Å². The number of halogens is 1. The molecule has 0 saturated heterocycles. The molecule has 1 N–H and O–H groups in total. The summed E-state index contributed by atoms with van der Waals surface area (Å²) in [6, 6.07) is 25.8. The van der Waals surface area contributed by atoms with E-state index in [9.17, 15) is 9.59 Å². The molecule has 140 valence electrons. The highest BCUT2D eigenvalue weighted by Crippen LogP contribution is 2.16. The molecule has 3 aromatic rings. The fraction of sp³-hybridized carbons (Fsp3) is 0.0833. The predicted octanol–water partition coefficient (Wildman–Crippen LogP) is 5.31. The molecule has 3 nitrogen and oxygen atoms in total. The lowest BCUT2D eigenvalue weighted by Gasteiger charge is -2.10. The van der Waals surface area contributed by atoms with Crippen LogP contribution in [0, 0.1) is 0 Å². The Morgan fingerprint density at radius 3 is 2.07 bits per heavy atom. The minimum atomic E-state index is -0.255. The maximum atomic E-state index is 12.8. The number of ketones is 1. The zero-order valence-electron chi connectivity index (χ0n) is 15.3. The molecule has 0 aliphatic heterocycles. The summed E-state index contributed by atoms with van der Waals surface area (Å²) in [5.74, 6) is -0.385. The van der Waals surface area contributed by atoms with E-state index in [2.05, 4.69) is 5.32 Å². The highest BCUT2D eigenvalue weighted by atomic mass is 35.5. The first kappa shape index (κ1) is 19.6. The van der Waals surface area contributed by atoms with Crippen molar-refractivity contribution < 1.29 is 9.59 Å². The summed E-state index contributed by atoms with van der Waals surface area (Å²) in [6.07, 6.45) is 1.77. The van der Waals surface area contributed by atoms with Gasteiger partial charge in [-0.2, -0.15) is 0 Å². The van der Waals surface area contributed by atoms with Gasteiger partial charge in [-0.25, -0.2) is 0 Å². The van der Waals surface area contributed by atoms with Crippen LogP contribution in [0.4, 0.5) is 0 Å². The third kappa shape index (κ3) is 5.66. The van der Waals surface area contributed by atoms with E-state index >= 15 is 0 Å². The molecule has 0 bridgehead atoms. The third-order valence-electron chi connectivity index (χ3n) is 4.25. The molecule has 0 atom stereocenters. The first-order chi connectivity index (χ1) is 13.6. The van der Waals surface area contributed by atoms with Crippen LogP contribution >= 0.6 is 11.6 Å². The van der Waals surface area contributed by atoms with Crippen molar-refractivity contribution in [1.82, 2.24) is 5.32 Å². The van der Waals surface area contributed by atoms with E-state index < -0.39 is 0 Å². The van der Waals surface area contributed by atoms with Gasteiger partial charge in [-0.1, -0.05) is 72.3 Å². The monoisotopic (exact) mass is 389 g/mol. The van der Waals surface area contributed by atoms with Gasteiger partial charge in [0.1, 0.15) is 0 Å². The largest absolute Gasteiger partial charge is 0.348 e. The van der Waals surface area contributed by atoms with Gasteiger partial charge in [0, 0.05) is 29.1 Å². The van der Waals surface area contributed by atoms with Crippen LogP contribution in [0.2, 0.25) is 5.02 Å². The van der Waals surface area contributed by atoms with Crippen molar-refractivity contribution in [3.8, 4) is 0 Å². The highest BCUT2D eigenvalue weighted by Gasteiger charge is 2.15. The molecule has 0 unspecified atom stereocenters. The fourth-order valence-electron chi connectivity index (χ4n) is 2.75. The Morgan fingerprint density at radius 2 is 1.43 bits per heavy atom. The summed E-state index contributed by atoms with van der Waals surface area (Å²) in [4.78, 5) is 25.5. The lowest BCUT2D eigenvalue weighted by molar-refractivity contribution is -0.117. The average molecular weight is 390 g/mol. The molecule has 4 heteroatoms. The van der Waals surface area contributed by atoms with Crippen LogP contribution in [0.1, 0.15) is 27.9 Å². The Hall–Kier alpha value is -3.17. The molecule has 0 radical (unpaired) electrons. The molecule has 0 spiro atoms. The Balaban J connectivity index is 1.78. The fourth-order valence-corrected chi connectivity index (χ4v) is 2.88. The number of hydrogen-bond acceptors (Lipinski definition) is 2. The van der Waals surface area contributed by atoms with Gasteiger partial charge >= 0.3 is 0 Å². The van der Waals surface area contributed by atoms with Crippen molar-refractivity contribution in [3.05, 3.63) is 112 Å². The molecular formula is C24H20ClNO2. The lowest BCUT2D eigenvalue weighted by Crippen LogP contribution is -2.25. The summed E-state index contributed by atoms with van der Waals surface area (Å²) in [6.45, 7) is 0.404. The van der Waals surface area contributed by atoms with E-state index in [-0.39, 0.29) is 18.1 Å². The summed E-state index contributed by atoms with van der Waals surface area (Å²) in [5, 5.41) is 3.47. The van der Waals surface area contributed by atoms with Gasteiger partial charge < -0.3 is 5.32 Å². The maximum absolute atomic E-state index is 12.8. The molecule has 1 amide bonds. The number of Topliss-reactive ketones (excluding diaryl/α,β-unsaturated/α-hetero) is 1. The topological polar surface area (TPSA) is 46.2 Å². The lowest BCUT2D eigenvalue weighted by atomic mass is 10.0. The Labute approximate surface area is 169 Å². The van der Waals surface area contributed by atoms with Crippen LogP contribution in [0.3, 0.4) is 0 Å². The third-order valence-corrected chi connectivity index (χ3v) is 4.50. The van der Waals surface area contributed by atoms with Gasteiger partial charge in [0.25, 0.3) is 0 Å². The van der Waals surface area contributed by atoms with E-state index in [1.165, 1.54) is 0 Å². The average Bonchev–Trinajstić information content (AvgIpc) is 2.73. The summed E-state index contributed by atoms with van der Waals surface area (Å²) >= 11 is 5.89. The van der Waals surface area contributed by atoms with Gasteiger partial charge in [0.05, 0.1) is 0 Å². The van der Waals surface area contributed by atoms with Gasteiger partial charge in [0.15, 0.2) is 5.78 Å². The predicted molar refractivity (Wildman–Crippen MR) is 113 cm³/mol. The molecule has 0 aliphatic carbocycles. The van der Waals surface area contributed by atoms with Gasteiger partial charge in [0.2, 0.25) is 5.91 Å². The maximum Gasteiger partial charge on any atom is 0.247 e. The molecule has 0 aliphatic rings. The number of rotatable bonds is 7. The quantitative estimate of drug-likeness (QED) is 0.439. The molecular weight excluding hydrogens is 370 g/mol. The Bertz CT molecular complexity index is 965. The van der Waals surface area contributed by atoms with Gasteiger partial charge in [-0.15, -0.1) is 0 Å². The van der Waals surface area contributed by atoms with E-state index in [1.54, 1.807) is 30.3 Å². The van der Waals surface area contributed by atoms with Crippen molar-refractivity contribution in [1.29, 1.82) is 0 Å². The Kier molecular flexibility index (Phi) is 6.77. The van der Waals surface area contributed by atoms with Crippen molar-refractivity contribution >= 4 is 29.4 Å². The second-order valence-electron chi connectivity index (χ2n) is 6.36. The minimum Gasteiger partial charge on any atom is -0.348 e. The van der Waals surface area contributed by atoms with Gasteiger partial charge in [-0.3, -0.25) is 9.59 Å². The second kappa shape index (κ2) is 9.67. The smallest absolute Gasteiger partial charge is 0.247 e. The zero-order valence-corrected chi connectivity index (χ0v) is 16.0. The molecule has 3 rings (SSSR count). The normalized spacial score (nSPS) is 11.1. The first-order valence-corrected chi connectivity index (χ1v) is 9.36. The van der Waals surface area contributed by atoms with E-state index in [0.717, 1.165) is 11.1 Å². The van der Waals surface area contributed by atoms with Crippen molar-refractivity contribution in [2.75, 3.05) is 0 Å². The Morgan fingerprint density at radius 1 is 0.821 bits per heavy atom.